The summed E-state index contributed by atoms with van der Waals surface area (Å²) in [5.41, 5.74) is 5.81. The van der Waals surface area contributed by atoms with Gasteiger partial charge in [0.25, 0.3) is 5.91 Å². The van der Waals surface area contributed by atoms with Crippen molar-refractivity contribution in [1.82, 2.24) is 0 Å². The van der Waals surface area contributed by atoms with Crippen LogP contribution >= 0.6 is 33.9 Å². The van der Waals surface area contributed by atoms with Gasteiger partial charge in [-0.1, -0.05) is 25.0 Å². The molecule has 0 fully saturated rings. The highest BCUT2D eigenvalue weighted by molar-refractivity contribution is 14.1. The lowest BCUT2D eigenvalue weighted by Crippen LogP contribution is -2.15. The minimum Gasteiger partial charge on any atom is -0.493 e. The topological polar surface area (TPSA) is 59.9 Å². The van der Waals surface area contributed by atoms with E-state index in [9.17, 15) is 4.79 Å². The first-order valence-electron chi connectivity index (χ1n) is 11.9. The van der Waals surface area contributed by atoms with Gasteiger partial charge in [-0.3, -0.25) is 4.79 Å². The van der Waals surface area contributed by atoms with Crippen LogP contribution in [0.25, 0.3) is 0 Å². The zero-order valence-corrected chi connectivity index (χ0v) is 23.6. The lowest BCUT2D eigenvalue weighted by molar-refractivity contribution is 0.102. The minimum atomic E-state index is -0.0779. The number of nitrogens with zero attached hydrogens (tertiary/aromatic N) is 1. The maximum atomic E-state index is 13.7. The third-order valence-electron chi connectivity index (χ3n) is 6.31. The molecule has 1 heterocycles. The van der Waals surface area contributed by atoms with Gasteiger partial charge in [-0.15, -0.1) is 11.3 Å². The van der Waals surface area contributed by atoms with Crippen LogP contribution in [0.15, 0.2) is 35.3 Å². The third-order valence-corrected chi connectivity index (χ3v) is 8.31. The first-order chi connectivity index (χ1) is 16.9. The monoisotopic (exact) mass is 602 g/mol. The number of hydrogen-bond donors (Lipinski definition) is 1. The molecule has 0 atom stereocenters. The molecule has 2 aromatic carbocycles. The van der Waals surface area contributed by atoms with Crippen molar-refractivity contribution in [2.45, 2.75) is 52.4 Å². The predicted octanol–water partition coefficient (Wildman–Crippen LogP) is 7.65. The summed E-state index contributed by atoms with van der Waals surface area (Å²) < 4.78 is 11.9. The maximum absolute atomic E-state index is 13.7. The summed E-state index contributed by atoms with van der Waals surface area (Å²) in [4.78, 5) is 19.8. The molecule has 0 saturated heterocycles. The summed E-state index contributed by atoms with van der Waals surface area (Å²) in [5.74, 6) is 1.29. The molecular weight excluding hydrogens is 571 g/mol. The van der Waals surface area contributed by atoms with E-state index in [4.69, 9.17) is 14.5 Å². The van der Waals surface area contributed by atoms with Crippen LogP contribution in [0.2, 0.25) is 0 Å². The van der Waals surface area contributed by atoms with Gasteiger partial charge in [0.1, 0.15) is 5.00 Å². The number of ether oxygens (including phenoxy) is 2. The average molecular weight is 603 g/mol. The van der Waals surface area contributed by atoms with Gasteiger partial charge < -0.3 is 14.8 Å². The van der Waals surface area contributed by atoms with Gasteiger partial charge in [-0.2, -0.15) is 0 Å². The van der Waals surface area contributed by atoms with Crippen molar-refractivity contribution in [1.29, 1.82) is 0 Å². The van der Waals surface area contributed by atoms with Crippen molar-refractivity contribution in [2.75, 3.05) is 19.5 Å². The highest BCUT2D eigenvalue weighted by Crippen LogP contribution is 2.40. The Bertz CT molecular complexity index is 1270. The number of carbonyl (C=O) groups excluding carboxylic acids is 1. The Balaban J connectivity index is 1.74. The normalized spacial score (nSPS) is 13.7. The van der Waals surface area contributed by atoms with Gasteiger partial charge in [0, 0.05) is 16.8 Å². The predicted molar refractivity (Wildman–Crippen MR) is 154 cm³/mol. The Kier molecular flexibility index (Phi) is 8.49. The average Bonchev–Trinajstić information content (AvgIpc) is 3.15. The number of nitrogens with one attached hydrogen (secondary N) is 1. The van der Waals surface area contributed by atoms with Gasteiger partial charge in [-0.25, -0.2) is 4.99 Å². The molecule has 1 amide bonds. The summed E-state index contributed by atoms with van der Waals surface area (Å²) in [6.45, 7) is 4.06. The number of thiophene rings is 1. The van der Waals surface area contributed by atoms with Crippen LogP contribution < -0.4 is 14.8 Å². The molecule has 5 nitrogen and oxygen atoms in total. The molecule has 184 valence electrons. The van der Waals surface area contributed by atoms with E-state index in [-0.39, 0.29) is 5.91 Å². The molecule has 1 aliphatic rings. The van der Waals surface area contributed by atoms with E-state index in [1.54, 1.807) is 25.6 Å². The fourth-order valence-corrected chi connectivity index (χ4v) is 6.51. The first kappa shape index (κ1) is 25.7. The fraction of sp³-hybridized carbons (Fsp3) is 0.357. The number of benzene rings is 2. The number of anilines is 1. The second kappa shape index (κ2) is 11.6. The quantitative estimate of drug-likeness (QED) is 0.233. The zero-order valence-electron chi connectivity index (χ0n) is 20.7. The van der Waals surface area contributed by atoms with Crippen molar-refractivity contribution < 1.29 is 14.3 Å². The van der Waals surface area contributed by atoms with E-state index in [1.165, 1.54) is 23.3 Å². The van der Waals surface area contributed by atoms with Crippen LogP contribution in [0.3, 0.4) is 0 Å². The maximum Gasteiger partial charge on any atom is 0.259 e. The Hall–Kier alpha value is -2.39. The molecule has 3 aromatic rings. The molecule has 4 rings (SSSR count). The highest BCUT2D eigenvalue weighted by atomic mass is 127. The largest absolute Gasteiger partial charge is 0.493 e. The van der Waals surface area contributed by atoms with Crippen LogP contribution in [0.5, 0.6) is 11.5 Å². The molecule has 0 radical (unpaired) electrons. The second-order valence-corrected chi connectivity index (χ2v) is 11.1. The first-order valence-corrected chi connectivity index (χ1v) is 13.8. The lowest BCUT2D eigenvalue weighted by atomic mass is 9.96. The van der Waals surface area contributed by atoms with Crippen LogP contribution in [0, 0.1) is 17.4 Å². The standard InChI is InChI=1S/C28H31IN2O3S/c1-17-11-12-18(2)22(13-17)31-27(32)25-20-9-7-5-6-8-10-24(20)35-28(25)30-16-19-14-21(29)26(34-4)23(15-19)33-3/h11-16H,5-10H2,1-4H3,(H,31,32). The second-order valence-electron chi connectivity index (χ2n) is 8.87. The molecule has 1 aliphatic carbocycles. The van der Waals surface area contributed by atoms with E-state index in [0.29, 0.717) is 11.5 Å². The van der Waals surface area contributed by atoms with Gasteiger partial charge in [-0.05, 0) is 103 Å². The number of methoxy groups -OCH3 is 2. The summed E-state index contributed by atoms with van der Waals surface area (Å²) >= 11 is 3.89. The highest BCUT2D eigenvalue weighted by Gasteiger charge is 2.24. The minimum absolute atomic E-state index is 0.0779. The van der Waals surface area contributed by atoms with Crippen LogP contribution in [-0.4, -0.2) is 26.3 Å². The summed E-state index contributed by atoms with van der Waals surface area (Å²) in [6, 6.07) is 10.0. The van der Waals surface area contributed by atoms with E-state index in [2.05, 4.69) is 34.0 Å². The molecule has 1 aromatic heterocycles. The van der Waals surface area contributed by atoms with Gasteiger partial charge in [0.2, 0.25) is 0 Å². The van der Waals surface area contributed by atoms with E-state index >= 15 is 0 Å². The van der Waals surface area contributed by atoms with Crippen LogP contribution in [0.1, 0.15) is 63.2 Å². The molecule has 0 aliphatic heterocycles. The SMILES string of the molecule is COc1cc(C=Nc2sc3c(c2C(=O)Nc2cc(C)ccc2C)CCCCCC3)cc(I)c1OC. The van der Waals surface area contributed by atoms with Gasteiger partial charge in [0.15, 0.2) is 11.5 Å². The number of aliphatic imine (C=N–C) groups is 1. The molecule has 35 heavy (non-hydrogen) atoms. The summed E-state index contributed by atoms with van der Waals surface area (Å²) in [5, 5.41) is 3.94. The number of halogens is 1. The lowest BCUT2D eigenvalue weighted by Gasteiger charge is -2.13. The van der Waals surface area contributed by atoms with Crippen LogP contribution in [0.4, 0.5) is 10.7 Å². The summed E-state index contributed by atoms with van der Waals surface area (Å²) in [6.07, 6.45) is 8.45. The number of hydrogen-bond acceptors (Lipinski definition) is 5. The van der Waals surface area contributed by atoms with Gasteiger partial charge >= 0.3 is 0 Å². The molecular formula is C28H31IN2O3S. The van der Waals surface area contributed by atoms with Crippen molar-refractivity contribution >= 4 is 56.7 Å². The number of fused-ring (bicyclic) bond motifs is 1. The van der Waals surface area contributed by atoms with Gasteiger partial charge in [0.05, 0.1) is 23.4 Å². The molecule has 7 heteroatoms. The van der Waals surface area contributed by atoms with Crippen molar-refractivity contribution in [3.8, 4) is 11.5 Å². The third kappa shape index (κ3) is 5.89. The zero-order chi connectivity index (χ0) is 24.9. The Labute approximate surface area is 225 Å². The molecule has 0 bridgehead atoms. The Morgan fingerprint density at radius 3 is 2.57 bits per heavy atom. The Morgan fingerprint density at radius 1 is 1.06 bits per heavy atom. The number of amides is 1. The number of rotatable bonds is 6. The van der Waals surface area contributed by atoms with E-state index in [0.717, 1.165) is 62.2 Å². The number of aryl methyl sites for hydroxylation is 3. The van der Waals surface area contributed by atoms with Crippen LogP contribution in [-0.2, 0) is 12.8 Å². The van der Waals surface area contributed by atoms with E-state index in [1.807, 2.05) is 44.3 Å². The summed E-state index contributed by atoms with van der Waals surface area (Å²) in [7, 11) is 3.26. The fourth-order valence-electron chi connectivity index (χ4n) is 4.43. The van der Waals surface area contributed by atoms with Crippen molar-refractivity contribution in [3.05, 3.63) is 66.6 Å². The number of carbonyl (C=O) groups is 1. The molecule has 0 unspecified atom stereocenters. The molecule has 0 spiro atoms. The molecule has 0 saturated carbocycles. The molecule has 1 N–H and O–H groups in total. The van der Waals surface area contributed by atoms with E-state index < -0.39 is 0 Å². The van der Waals surface area contributed by atoms with Crippen molar-refractivity contribution in [3.63, 3.8) is 0 Å². The smallest absolute Gasteiger partial charge is 0.259 e. The Morgan fingerprint density at radius 2 is 1.83 bits per heavy atom. The van der Waals surface area contributed by atoms with Crippen molar-refractivity contribution in [2.24, 2.45) is 4.99 Å².